The number of nitrogens with one attached hydrogen (secondary N) is 4. The van der Waals surface area contributed by atoms with E-state index in [1.807, 2.05) is 48.0 Å². The molecular weight excluding hydrogens is 388 g/mol. The van der Waals surface area contributed by atoms with Crippen molar-refractivity contribution >= 4 is 39.8 Å². The topological polar surface area (TPSA) is 104 Å². The maximum Gasteiger partial charge on any atom is 0.413 e. The molecule has 0 aliphatic heterocycles. The molecule has 0 aliphatic carbocycles. The number of fused-ring (bicyclic) bond motifs is 1. The summed E-state index contributed by atoms with van der Waals surface area (Å²) in [6, 6.07) is 11.5. The van der Waals surface area contributed by atoms with Gasteiger partial charge in [0.25, 0.3) is 0 Å². The standard InChI is InChI=1S/C20H20N6O2S/c27-20(25-11-10-21-13-14-3-1-2-7-22-14)28-19-17(6-12-29-19)26-16-5-9-24-18-15(16)4-8-23-18/h1-9,12,21H,10-11,13H2,(H,25,27)(H2,23,24,26). The second kappa shape index (κ2) is 9.18. The highest BCUT2D eigenvalue weighted by Gasteiger charge is 2.12. The zero-order valence-corrected chi connectivity index (χ0v) is 16.3. The lowest BCUT2D eigenvalue weighted by molar-refractivity contribution is 0.202. The van der Waals surface area contributed by atoms with Crippen LogP contribution in [0.15, 0.2) is 60.4 Å². The van der Waals surface area contributed by atoms with E-state index in [4.69, 9.17) is 4.74 Å². The van der Waals surface area contributed by atoms with Gasteiger partial charge in [0.2, 0.25) is 5.06 Å². The van der Waals surface area contributed by atoms with Crippen molar-refractivity contribution in [3.05, 3.63) is 66.1 Å². The van der Waals surface area contributed by atoms with E-state index in [0.29, 0.717) is 24.7 Å². The molecule has 4 heterocycles. The molecule has 0 aromatic carbocycles. The van der Waals surface area contributed by atoms with Gasteiger partial charge in [0, 0.05) is 43.6 Å². The highest BCUT2D eigenvalue weighted by Crippen LogP contribution is 2.35. The molecule has 0 bridgehead atoms. The Morgan fingerprint density at radius 3 is 2.93 bits per heavy atom. The van der Waals surface area contributed by atoms with Crippen molar-refractivity contribution in [1.29, 1.82) is 0 Å². The Balaban J connectivity index is 1.26. The fourth-order valence-electron chi connectivity index (χ4n) is 2.77. The average Bonchev–Trinajstić information content (AvgIpc) is 3.39. The molecular formula is C20H20N6O2S. The lowest BCUT2D eigenvalue weighted by Gasteiger charge is -2.10. The van der Waals surface area contributed by atoms with Crippen molar-refractivity contribution in [3.63, 3.8) is 0 Å². The number of thiophene rings is 1. The molecule has 0 saturated carbocycles. The van der Waals surface area contributed by atoms with Crippen molar-refractivity contribution in [2.45, 2.75) is 6.54 Å². The second-order valence-electron chi connectivity index (χ2n) is 6.16. The Labute approximate surface area is 171 Å². The monoisotopic (exact) mass is 408 g/mol. The predicted molar refractivity (Wildman–Crippen MR) is 114 cm³/mol. The van der Waals surface area contributed by atoms with Crippen LogP contribution in [0.1, 0.15) is 5.69 Å². The van der Waals surface area contributed by atoms with Gasteiger partial charge in [-0.05, 0) is 35.7 Å². The zero-order chi connectivity index (χ0) is 19.9. The number of aromatic amines is 1. The van der Waals surface area contributed by atoms with Crippen LogP contribution in [0.25, 0.3) is 11.0 Å². The SMILES string of the molecule is O=C(NCCNCc1ccccn1)Oc1sccc1Nc1ccnc2[nH]ccc12. The molecule has 148 valence electrons. The minimum absolute atomic E-state index is 0.453. The summed E-state index contributed by atoms with van der Waals surface area (Å²) in [6.07, 6.45) is 4.82. The van der Waals surface area contributed by atoms with E-state index >= 15 is 0 Å². The molecule has 4 aromatic rings. The normalized spacial score (nSPS) is 10.8. The first-order valence-electron chi connectivity index (χ1n) is 9.12. The maximum absolute atomic E-state index is 12.1. The van der Waals surface area contributed by atoms with Crippen molar-refractivity contribution < 1.29 is 9.53 Å². The summed E-state index contributed by atoms with van der Waals surface area (Å²) in [7, 11) is 0. The molecule has 0 saturated heterocycles. The molecule has 4 N–H and O–H groups in total. The van der Waals surface area contributed by atoms with Crippen molar-refractivity contribution in [3.8, 4) is 5.06 Å². The van der Waals surface area contributed by atoms with E-state index in [-0.39, 0.29) is 0 Å². The quantitative estimate of drug-likeness (QED) is 0.332. The highest BCUT2D eigenvalue weighted by molar-refractivity contribution is 7.12. The Hall–Kier alpha value is -3.43. The van der Waals surface area contributed by atoms with Gasteiger partial charge in [-0.1, -0.05) is 6.07 Å². The van der Waals surface area contributed by atoms with Crippen LogP contribution in [-0.4, -0.2) is 34.1 Å². The van der Waals surface area contributed by atoms with Gasteiger partial charge in [-0.3, -0.25) is 4.98 Å². The third-order valence-electron chi connectivity index (χ3n) is 4.15. The number of carbonyl (C=O) groups excluding carboxylic acids is 1. The van der Waals surface area contributed by atoms with Gasteiger partial charge in [0.1, 0.15) is 5.65 Å². The van der Waals surface area contributed by atoms with Gasteiger partial charge in [0.15, 0.2) is 0 Å². The van der Waals surface area contributed by atoms with Crippen LogP contribution in [0, 0.1) is 0 Å². The first-order chi connectivity index (χ1) is 14.3. The largest absolute Gasteiger partial charge is 0.413 e. The molecule has 29 heavy (non-hydrogen) atoms. The van der Waals surface area contributed by atoms with Gasteiger partial charge >= 0.3 is 6.09 Å². The molecule has 4 rings (SSSR count). The number of aromatic nitrogens is 3. The summed E-state index contributed by atoms with van der Waals surface area (Å²) in [5, 5.41) is 12.6. The molecule has 0 aliphatic rings. The molecule has 1 amide bonds. The molecule has 0 fully saturated rings. The number of pyridine rings is 2. The van der Waals surface area contributed by atoms with Crippen LogP contribution in [0.2, 0.25) is 0 Å². The molecule has 0 radical (unpaired) electrons. The Bertz CT molecular complexity index is 1080. The Morgan fingerprint density at radius 1 is 1.07 bits per heavy atom. The van der Waals surface area contributed by atoms with Crippen molar-refractivity contribution in [1.82, 2.24) is 25.6 Å². The maximum atomic E-state index is 12.1. The second-order valence-corrected chi connectivity index (χ2v) is 7.04. The van der Waals surface area contributed by atoms with E-state index in [9.17, 15) is 4.79 Å². The van der Waals surface area contributed by atoms with Crippen LogP contribution in [0.5, 0.6) is 5.06 Å². The number of rotatable bonds is 8. The summed E-state index contributed by atoms with van der Waals surface area (Å²) in [6.45, 7) is 1.72. The number of carbonyl (C=O) groups is 1. The summed E-state index contributed by atoms with van der Waals surface area (Å²) in [5.74, 6) is 0. The van der Waals surface area contributed by atoms with Crippen LogP contribution in [0.4, 0.5) is 16.2 Å². The summed E-state index contributed by atoms with van der Waals surface area (Å²) >= 11 is 1.35. The molecule has 8 nitrogen and oxygen atoms in total. The van der Waals surface area contributed by atoms with Crippen LogP contribution in [0.3, 0.4) is 0 Å². The van der Waals surface area contributed by atoms with E-state index in [1.165, 1.54) is 11.3 Å². The number of amides is 1. The lowest BCUT2D eigenvalue weighted by atomic mass is 10.3. The van der Waals surface area contributed by atoms with Gasteiger partial charge < -0.3 is 25.7 Å². The molecule has 9 heteroatoms. The number of nitrogens with zero attached hydrogens (tertiary/aromatic N) is 2. The van der Waals surface area contributed by atoms with Gasteiger partial charge in [0.05, 0.1) is 17.1 Å². The van der Waals surface area contributed by atoms with E-state index in [1.54, 1.807) is 12.4 Å². The number of ether oxygens (including phenoxy) is 1. The fourth-order valence-corrected chi connectivity index (χ4v) is 3.47. The number of hydrogen-bond acceptors (Lipinski definition) is 7. The predicted octanol–water partition coefficient (Wildman–Crippen LogP) is 3.64. The van der Waals surface area contributed by atoms with Gasteiger partial charge in [-0.25, -0.2) is 9.78 Å². The molecule has 0 spiro atoms. The Morgan fingerprint density at radius 2 is 2.03 bits per heavy atom. The van der Waals surface area contributed by atoms with E-state index in [2.05, 4.69) is 30.9 Å². The van der Waals surface area contributed by atoms with Crippen molar-refractivity contribution in [2.24, 2.45) is 0 Å². The first-order valence-corrected chi connectivity index (χ1v) is 10.0. The smallest absolute Gasteiger partial charge is 0.397 e. The number of anilines is 2. The number of H-pyrrole nitrogens is 1. The zero-order valence-electron chi connectivity index (χ0n) is 15.5. The fraction of sp³-hybridized carbons (Fsp3) is 0.150. The van der Waals surface area contributed by atoms with E-state index < -0.39 is 6.09 Å². The molecule has 4 aromatic heterocycles. The Kier molecular flexibility index (Phi) is 5.98. The van der Waals surface area contributed by atoms with Gasteiger partial charge in [-0.2, -0.15) is 0 Å². The summed E-state index contributed by atoms with van der Waals surface area (Å²) in [5.41, 5.74) is 3.37. The summed E-state index contributed by atoms with van der Waals surface area (Å²) in [4.78, 5) is 23.7. The number of hydrogen-bond donors (Lipinski definition) is 4. The third kappa shape index (κ3) is 4.89. The first kappa shape index (κ1) is 18.9. The average molecular weight is 408 g/mol. The lowest BCUT2D eigenvalue weighted by Crippen LogP contribution is -2.33. The minimum atomic E-state index is -0.489. The van der Waals surface area contributed by atoms with Gasteiger partial charge in [-0.15, -0.1) is 11.3 Å². The highest BCUT2D eigenvalue weighted by atomic mass is 32.1. The van der Waals surface area contributed by atoms with Crippen LogP contribution < -0.4 is 20.7 Å². The van der Waals surface area contributed by atoms with Crippen molar-refractivity contribution in [2.75, 3.05) is 18.4 Å². The molecule has 0 atom stereocenters. The van der Waals surface area contributed by atoms with E-state index in [0.717, 1.165) is 28.1 Å². The molecule has 0 unspecified atom stereocenters. The minimum Gasteiger partial charge on any atom is -0.397 e. The van der Waals surface area contributed by atoms with Crippen LogP contribution >= 0.6 is 11.3 Å². The third-order valence-corrected chi connectivity index (χ3v) is 4.94. The summed E-state index contributed by atoms with van der Waals surface area (Å²) < 4.78 is 5.46. The van der Waals surface area contributed by atoms with Crippen LogP contribution in [-0.2, 0) is 6.54 Å².